The van der Waals surface area contributed by atoms with Gasteiger partial charge in [-0.1, -0.05) is 30.3 Å². The molecule has 3 aromatic heterocycles. The highest BCUT2D eigenvalue weighted by atomic mass is 32.2. The summed E-state index contributed by atoms with van der Waals surface area (Å²) in [5.41, 5.74) is 2.86. The second-order valence-corrected chi connectivity index (χ2v) is 10.2. The summed E-state index contributed by atoms with van der Waals surface area (Å²) in [4.78, 5) is 20.2. The number of aromatic nitrogens is 4. The van der Waals surface area contributed by atoms with Crippen LogP contribution in [-0.2, 0) is 17.1 Å². The molecule has 2 N–H and O–H groups in total. The molecule has 0 aliphatic rings. The van der Waals surface area contributed by atoms with E-state index in [2.05, 4.69) is 15.1 Å². The second kappa shape index (κ2) is 10.4. The van der Waals surface area contributed by atoms with Crippen molar-refractivity contribution in [3.63, 3.8) is 0 Å². The van der Waals surface area contributed by atoms with E-state index in [0.29, 0.717) is 33.8 Å². The standard InChI is InChI=1S/C26H22N6O6S/c1-31-25-22(23(29-31)17-6-4-3-5-7-17)24(21(16-28-25)38-26(33)30-34)32(2)39(35,36)20-10-8-18(9-11-20)37-19-12-14-27-15-13-19/h3-16,34H,1-2H3,(H,30,33). The first-order chi connectivity index (χ1) is 18.8. The maximum atomic E-state index is 13.8. The van der Waals surface area contributed by atoms with Gasteiger partial charge in [0.15, 0.2) is 11.4 Å². The highest BCUT2D eigenvalue weighted by Crippen LogP contribution is 2.42. The average Bonchev–Trinajstić information content (AvgIpc) is 3.30. The molecule has 0 aliphatic heterocycles. The van der Waals surface area contributed by atoms with Gasteiger partial charge < -0.3 is 9.47 Å². The highest BCUT2D eigenvalue weighted by molar-refractivity contribution is 7.92. The van der Waals surface area contributed by atoms with Gasteiger partial charge in [-0.25, -0.2) is 28.4 Å². The normalized spacial score (nSPS) is 11.3. The van der Waals surface area contributed by atoms with Gasteiger partial charge in [0.25, 0.3) is 10.0 Å². The molecule has 0 aliphatic carbocycles. The van der Waals surface area contributed by atoms with Crippen molar-refractivity contribution in [1.29, 1.82) is 0 Å². The Balaban J connectivity index is 1.62. The third kappa shape index (κ3) is 4.95. The molecule has 13 heteroatoms. The minimum absolute atomic E-state index is 0.00710. The summed E-state index contributed by atoms with van der Waals surface area (Å²) in [6.07, 6.45) is 3.14. The zero-order valence-corrected chi connectivity index (χ0v) is 21.5. The number of sulfonamides is 1. The number of pyridine rings is 2. The van der Waals surface area contributed by atoms with E-state index in [-0.39, 0.29) is 16.3 Å². The fourth-order valence-electron chi connectivity index (χ4n) is 3.99. The quantitative estimate of drug-likeness (QED) is 0.227. The van der Waals surface area contributed by atoms with Gasteiger partial charge in [-0.3, -0.25) is 14.5 Å². The lowest BCUT2D eigenvalue weighted by Crippen LogP contribution is -2.29. The average molecular weight is 547 g/mol. The van der Waals surface area contributed by atoms with Crippen LogP contribution < -0.4 is 19.3 Å². The van der Waals surface area contributed by atoms with Gasteiger partial charge in [0.2, 0.25) is 0 Å². The smallest absolute Gasteiger partial charge is 0.436 e. The minimum Gasteiger partial charge on any atom is -0.457 e. The van der Waals surface area contributed by atoms with Gasteiger partial charge in [0.1, 0.15) is 22.9 Å². The number of aryl methyl sites for hydroxylation is 1. The van der Waals surface area contributed by atoms with Crippen LogP contribution >= 0.6 is 0 Å². The number of nitrogens with zero attached hydrogens (tertiary/aromatic N) is 5. The number of ether oxygens (including phenoxy) is 2. The summed E-state index contributed by atoms with van der Waals surface area (Å²) >= 11 is 0. The Morgan fingerprint density at radius 3 is 2.33 bits per heavy atom. The Morgan fingerprint density at radius 1 is 1.00 bits per heavy atom. The number of anilines is 1. The molecule has 0 atom stereocenters. The Bertz CT molecular complexity index is 1740. The number of carbonyl (C=O) groups excluding carboxylic acids is 1. The topological polar surface area (TPSA) is 149 Å². The van der Waals surface area contributed by atoms with Crippen molar-refractivity contribution in [2.75, 3.05) is 11.4 Å². The molecule has 198 valence electrons. The van der Waals surface area contributed by atoms with E-state index < -0.39 is 16.1 Å². The largest absolute Gasteiger partial charge is 0.457 e. The van der Waals surface area contributed by atoms with Crippen LogP contribution in [0, 0.1) is 0 Å². The maximum absolute atomic E-state index is 13.8. The number of hydrogen-bond donors (Lipinski definition) is 2. The molecule has 5 rings (SSSR count). The number of hydroxylamine groups is 1. The number of carbonyl (C=O) groups is 1. The summed E-state index contributed by atoms with van der Waals surface area (Å²) in [6, 6.07) is 18.3. The van der Waals surface area contributed by atoms with Crippen LogP contribution in [-0.4, -0.2) is 46.5 Å². The fourth-order valence-corrected chi connectivity index (χ4v) is 5.21. The van der Waals surface area contributed by atoms with Crippen LogP contribution in [0.3, 0.4) is 0 Å². The lowest BCUT2D eigenvalue weighted by atomic mass is 10.1. The van der Waals surface area contributed by atoms with Crippen molar-refractivity contribution in [3.05, 3.63) is 85.3 Å². The molecule has 0 unspecified atom stereocenters. The lowest BCUT2D eigenvalue weighted by Gasteiger charge is -2.23. The van der Waals surface area contributed by atoms with E-state index in [1.54, 1.807) is 31.6 Å². The summed E-state index contributed by atoms with van der Waals surface area (Å²) in [5.74, 6) is 0.769. The molecule has 0 saturated heterocycles. The van der Waals surface area contributed by atoms with E-state index >= 15 is 0 Å². The fraction of sp³-hybridized carbons (Fsp3) is 0.0769. The molecule has 2 aromatic carbocycles. The highest BCUT2D eigenvalue weighted by Gasteiger charge is 2.30. The third-order valence-electron chi connectivity index (χ3n) is 5.81. The van der Waals surface area contributed by atoms with Gasteiger partial charge in [0.05, 0.1) is 16.5 Å². The first-order valence-corrected chi connectivity index (χ1v) is 12.9. The Kier molecular flexibility index (Phi) is 6.83. The Hall–Kier alpha value is -5.01. The van der Waals surface area contributed by atoms with Crippen molar-refractivity contribution in [2.24, 2.45) is 7.05 Å². The first-order valence-electron chi connectivity index (χ1n) is 11.5. The Morgan fingerprint density at radius 2 is 1.67 bits per heavy atom. The predicted octanol–water partition coefficient (Wildman–Crippen LogP) is 4.13. The summed E-state index contributed by atoms with van der Waals surface area (Å²) < 4.78 is 41.1. The summed E-state index contributed by atoms with van der Waals surface area (Å²) in [7, 11) is -1.20. The first kappa shape index (κ1) is 25.6. The van der Waals surface area contributed by atoms with Crippen molar-refractivity contribution < 1.29 is 27.9 Å². The molecule has 5 aromatic rings. The monoisotopic (exact) mass is 546 g/mol. The van der Waals surface area contributed by atoms with Crippen molar-refractivity contribution in [2.45, 2.75) is 4.90 Å². The number of benzene rings is 2. The zero-order chi connectivity index (χ0) is 27.6. The summed E-state index contributed by atoms with van der Waals surface area (Å²) in [5, 5.41) is 13.9. The van der Waals surface area contributed by atoms with Crippen LogP contribution in [0.5, 0.6) is 17.2 Å². The van der Waals surface area contributed by atoms with E-state index in [0.717, 1.165) is 4.31 Å². The molecule has 0 saturated carbocycles. The SMILES string of the molecule is CN(c1c(OC(=O)NO)cnc2c1c(-c1ccccc1)nn2C)S(=O)(=O)c1ccc(Oc2ccncc2)cc1. The van der Waals surface area contributed by atoms with Gasteiger partial charge in [-0.15, -0.1) is 0 Å². The molecule has 1 amide bonds. The minimum atomic E-state index is -4.20. The van der Waals surface area contributed by atoms with Gasteiger partial charge >= 0.3 is 6.09 Å². The molecule has 0 spiro atoms. The van der Waals surface area contributed by atoms with Crippen LogP contribution in [0.2, 0.25) is 0 Å². The molecular weight excluding hydrogens is 524 g/mol. The van der Waals surface area contributed by atoms with Crippen LogP contribution in [0.1, 0.15) is 0 Å². The van der Waals surface area contributed by atoms with E-state index in [1.165, 1.54) is 47.7 Å². The van der Waals surface area contributed by atoms with Gasteiger partial charge in [-0.2, -0.15) is 5.10 Å². The molecule has 39 heavy (non-hydrogen) atoms. The van der Waals surface area contributed by atoms with Gasteiger partial charge in [0, 0.05) is 32.1 Å². The number of hydrogen-bond acceptors (Lipinski definition) is 9. The summed E-state index contributed by atoms with van der Waals surface area (Å²) in [6.45, 7) is 0. The molecule has 3 heterocycles. The Labute approximate surface area is 223 Å². The van der Waals surface area contributed by atoms with Crippen molar-refractivity contribution in [1.82, 2.24) is 25.2 Å². The molecule has 0 fully saturated rings. The van der Waals surface area contributed by atoms with Crippen molar-refractivity contribution >= 4 is 32.8 Å². The van der Waals surface area contributed by atoms with E-state index in [9.17, 15) is 13.2 Å². The molecule has 0 radical (unpaired) electrons. The number of amides is 1. The predicted molar refractivity (Wildman–Crippen MR) is 141 cm³/mol. The number of rotatable bonds is 7. The maximum Gasteiger partial charge on any atom is 0.436 e. The third-order valence-corrected chi connectivity index (χ3v) is 7.59. The molecule has 12 nitrogen and oxygen atoms in total. The van der Waals surface area contributed by atoms with Crippen molar-refractivity contribution in [3.8, 4) is 28.5 Å². The van der Waals surface area contributed by atoms with E-state index in [1.807, 2.05) is 30.3 Å². The van der Waals surface area contributed by atoms with Gasteiger partial charge in [-0.05, 0) is 36.4 Å². The van der Waals surface area contributed by atoms with Crippen LogP contribution in [0.15, 0.2) is 90.2 Å². The second-order valence-electron chi connectivity index (χ2n) is 8.24. The number of fused-ring (bicyclic) bond motifs is 1. The molecule has 0 bridgehead atoms. The van der Waals surface area contributed by atoms with Crippen LogP contribution in [0.4, 0.5) is 10.5 Å². The van der Waals surface area contributed by atoms with Crippen LogP contribution in [0.25, 0.3) is 22.3 Å². The lowest BCUT2D eigenvalue weighted by molar-refractivity contribution is 0.127. The molecular formula is C26H22N6O6S. The number of nitrogens with one attached hydrogen (secondary N) is 1. The zero-order valence-electron chi connectivity index (χ0n) is 20.7. The van der Waals surface area contributed by atoms with E-state index in [4.69, 9.17) is 14.7 Å².